The fourth-order valence-corrected chi connectivity index (χ4v) is 9.43. The maximum Gasteiger partial charge on any atom is 0.417 e. The topological polar surface area (TPSA) is 150 Å². The van der Waals surface area contributed by atoms with Crippen molar-refractivity contribution in [1.82, 2.24) is 20.0 Å². The molecule has 2 aromatic carbocycles. The number of nitrogens with one attached hydrogen (secondary N) is 3. The Morgan fingerprint density at radius 1 is 1.02 bits per heavy atom. The highest BCUT2D eigenvalue weighted by atomic mass is 32.1. The van der Waals surface area contributed by atoms with Crippen molar-refractivity contribution in [2.75, 3.05) is 48.3 Å². The SMILES string of the molecule is C[C@@H]1CN(CCOC2CCC(N3C(S)N(c4ccc(C#N)c(C(F)(F)F)c4)C(=O)C3(C)C)CC2)C[C@H](C)N1CC(=O)Nc1cccc(N[C@@H]2CCC(=O)NC2=O)c1. The summed E-state index contributed by atoms with van der Waals surface area (Å²) in [5.41, 5.74) is -2.03. The Kier molecular flexibility index (Phi) is 12.9. The van der Waals surface area contributed by atoms with E-state index in [9.17, 15) is 37.6 Å². The minimum atomic E-state index is -4.75. The third-order valence-corrected chi connectivity index (χ3v) is 12.1. The van der Waals surface area contributed by atoms with Crippen molar-refractivity contribution in [2.24, 2.45) is 0 Å². The first-order valence-electron chi connectivity index (χ1n) is 19.5. The number of piperazine rings is 1. The normalized spacial score (nSPS) is 27.6. The van der Waals surface area contributed by atoms with Gasteiger partial charge in [-0.05, 0) is 96.2 Å². The van der Waals surface area contributed by atoms with Crippen LogP contribution in [0.3, 0.4) is 0 Å². The molecule has 3 N–H and O–H groups in total. The van der Waals surface area contributed by atoms with Crippen LogP contribution in [0.1, 0.15) is 77.3 Å². The van der Waals surface area contributed by atoms with Gasteiger partial charge in [-0.25, -0.2) is 0 Å². The summed E-state index contributed by atoms with van der Waals surface area (Å²) in [6, 6.07) is 11.8. The van der Waals surface area contributed by atoms with Gasteiger partial charge in [0.25, 0.3) is 0 Å². The van der Waals surface area contributed by atoms with E-state index in [1.807, 2.05) is 11.0 Å². The van der Waals surface area contributed by atoms with E-state index in [4.69, 9.17) is 17.4 Å². The Hall–Kier alpha value is -4.21. The van der Waals surface area contributed by atoms with Crippen molar-refractivity contribution in [2.45, 2.75) is 114 Å². The molecule has 3 aliphatic heterocycles. The van der Waals surface area contributed by atoms with E-state index in [0.717, 1.165) is 57.5 Å². The lowest BCUT2D eigenvalue weighted by molar-refractivity contribution is -0.138. The summed E-state index contributed by atoms with van der Waals surface area (Å²) >= 11 is 4.76. The van der Waals surface area contributed by atoms with Gasteiger partial charge < -0.3 is 15.4 Å². The monoisotopic (exact) mass is 812 g/mol. The smallest absolute Gasteiger partial charge is 0.377 e. The average molecular weight is 813 g/mol. The molecule has 17 heteroatoms. The second kappa shape index (κ2) is 17.3. The zero-order chi connectivity index (χ0) is 41.2. The molecule has 1 unspecified atom stereocenters. The fraction of sp³-hybridized carbons (Fsp3) is 0.575. The molecule has 13 nitrogen and oxygen atoms in total. The predicted octanol–water partition coefficient (Wildman–Crippen LogP) is 4.80. The van der Waals surface area contributed by atoms with Crippen molar-refractivity contribution < 1.29 is 37.1 Å². The number of hydrogen-bond donors (Lipinski definition) is 4. The van der Waals surface area contributed by atoms with E-state index >= 15 is 0 Å². The van der Waals surface area contributed by atoms with Crippen LogP contribution in [0.15, 0.2) is 42.5 Å². The first-order chi connectivity index (χ1) is 27.0. The molecule has 1 saturated carbocycles. The Bertz CT molecular complexity index is 1870. The van der Waals surface area contributed by atoms with Crippen LogP contribution in [-0.4, -0.2) is 112 Å². The number of halogens is 3. The van der Waals surface area contributed by atoms with Crippen LogP contribution in [0.4, 0.5) is 30.2 Å². The third-order valence-electron chi connectivity index (χ3n) is 11.6. The molecule has 3 heterocycles. The van der Waals surface area contributed by atoms with Gasteiger partial charge in [0.05, 0.1) is 42.0 Å². The van der Waals surface area contributed by atoms with Gasteiger partial charge >= 0.3 is 6.18 Å². The first kappa shape index (κ1) is 42.4. The molecule has 2 aromatic rings. The molecule has 0 radical (unpaired) electrons. The molecule has 6 rings (SSSR count). The summed E-state index contributed by atoms with van der Waals surface area (Å²) < 4.78 is 47.6. The van der Waals surface area contributed by atoms with Crippen LogP contribution in [0.5, 0.6) is 0 Å². The van der Waals surface area contributed by atoms with E-state index in [-0.39, 0.29) is 66.5 Å². The Labute approximate surface area is 336 Å². The van der Waals surface area contributed by atoms with E-state index in [1.54, 1.807) is 38.1 Å². The molecule has 4 aliphatic rings. The fourth-order valence-electron chi connectivity index (χ4n) is 8.72. The molecule has 4 fully saturated rings. The number of amides is 4. The van der Waals surface area contributed by atoms with E-state index < -0.39 is 34.4 Å². The number of carbonyl (C=O) groups excluding carboxylic acids is 4. The maximum absolute atomic E-state index is 13.7. The number of hydrogen-bond acceptors (Lipinski definition) is 11. The van der Waals surface area contributed by atoms with Crippen molar-refractivity contribution in [1.29, 1.82) is 5.26 Å². The number of piperidine rings is 1. The molecular weight excluding hydrogens is 762 g/mol. The van der Waals surface area contributed by atoms with Crippen LogP contribution in [0.25, 0.3) is 0 Å². The number of thiol groups is 1. The van der Waals surface area contributed by atoms with Crippen LogP contribution in [0, 0.1) is 11.3 Å². The van der Waals surface area contributed by atoms with Gasteiger partial charge in [-0.2, -0.15) is 18.4 Å². The molecule has 1 aliphatic carbocycles. The number of benzene rings is 2. The number of alkyl halides is 3. The van der Waals surface area contributed by atoms with Crippen LogP contribution in [-0.2, 0) is 30.1 Å². The quantitative estimate of drug-likeness (QED) is 0.184. The zero-order valence-electron chi connectivity index (χ0n) is 32.6. The molecule has 0 aromatic heterocycles. The van der Waals surface area contributed by atoms with E-state index in [0.29, 0.717) is 24.4 Å². The zero-order valence-corrected chi connectivity index (χ0v) is 33.5. The van der Waals surface area contributed by atoms with Crippen molar-refractivity contribution in [3.8, 4) is 6.07 Å². The molecular formula is C40H51F3N8O5S. The lowest BCUT2D eigenvalue weighted by atomic mass is 9.89. The van der Waals surface area contributed by atoms with Gasteiger partial charge in [0.2, 0.25) is 23.6 Å². The summed E-state index contributed by atoms with van der Waals surface area (Å²) in [5, 5.41) is 17.7. The molecule has 308 valence electrons. The Morgan fingerprint density at radius 3 is 2.35 bits per heavy atom. The lowest BCUT2D eigenvalue weighted by Gasteiger charge is -2.44. The molecule has 4 atom stereocenters. The van der Waals surface area contributed by atoms with Crippen LogP contribution in [0.2, 0.25) is 0 Å². The molecule has 0 spiro atoms. The Morgan fingerprint density at radius 2 is 1.70 bits per heavy atom. The number of imide groups is 1. The predicted molar refractivity (Wildman–Crippen MR) is 211 cm³/mol. The lowest BCUT2D eigenvalue weighted by Crippen LogP contribution is -2.58. The highest BCUT2D eigenvalue weighted by Gasteiger charge is 2.54. The second-order valence-corrected chi connectivity index (χ2v) is 16.5. The average Bonchev–Trinajstić information content (AvgIpc) is 3.32. The number of nitriles is 1. The molecule has 4 amide bonds. The van der Waals surface area contributed by atoms with Gasteiger partial charge in [0.1, 0.15) is 11.5 Å². The van der Waals surface area contributed by atoms with Crippen LogP contribution >= 0.6 is 12.6 Å². The number of rotatable bonds is 11. The van der Waals surface area contributed by atoms with E-state index in [1.165, 1.54) is 11.0 Å². The Balaban J connectivity index is 0.942. The van der Waals surface area contributed by atoms with Crippen molar-refractivity contribution in [3.63, 3.8) is 0 Å². The summed E-state index contributed by atoms with van der Waals surface area (Å²) in [6.07, 6.45) is -1.01. The van der Waals surface area contributed by atoms with Gasteiger partial charge in [-0.1, -0.05) is 6.07 Å². The molecule has 57 heavy (non-hydrogen) atoms. The highest BCUT2D eigenvalue weighted by Crippen LogP contribution is 2.43. The molecule has 3 saturated heterocycles. The van der Waals surface area contributed by atoms with Gasteiger partial charge in [0.15, 0.2) is 0 Å². The largest absolute Gasteiger partial charge is 0.417 e. The van der Waals surface area contributed by atoms with Crippen LogP contribution < -0.4 is 20.9 Å². The number of ether oxygens (including phenoxy) is 1. The number of anilines is 3. The minimum absolute atomic E-state index is 0.0258. The van der Waals surface area contributed by atoms with Crippen molar-refractivity contribution in [3.05, 3.63) is 53.6 Å². The van der Waals surface area contributed by atoms with Gasteiger partial charge in [-0.3, -0.25) is 44.1 Å². The van der Waals surface area contributed by atoms with Gasteiger partial charge in [0, 0.05) is 61.2 Å². The number of nitrogens with zero attached hydrogens (tertiary/aromatic N) is 5. The third kappa shape index (κ3) is 9.58. The first-order valence-corrected chi connectivity index (χ1v) is 20.0. The standard InChI is InChI=1S/C40H51F3N8O5S/c1-24-21-48(22-25(2)49(24)23-35(53)46-28-7-5-6-27(18-28)45-33-14-15-34(52)47-36(33)54)16-17-56-31-12-10-29(11-13-31)51-38(57)50(37(55)39(51,3)4)30-9-8-26(20-44)32(19-30)40(41,42)43/h5-9,18-19,24-25,29,31,33,38,45,57H,10-17,21-23H2,1-4H3,(H,46,53)(H,47,52,54)/t24-,25+,29?,31?,33-,38?/m1/s1. The summed E-state index contributed by atoms with van der Waals surface area (Å²) in [7, 11) is 0. The summed E-state index contributed by atoms with van der Waals surface area (Å²) in [5.74, 6) is -1.13. The maximum atomic E-state index is 13.7. The summed E-state index contributed by atoms with van der Waals surface area (Å²) in [6.45, 7) is 10.8. The van der Waals surface area contributed by atoms with Gasteiger partial charge in [-0.15, -0.1) is 12.6 Å². The van der Waals surface area contributed by atoms with Crippen molar-refractivity contribution >= 4 is 53.3 Å². The highest BCUT2D eigenvalue weighted by molar-refractivity contribution is 7.81. The van der Waals surface area contributed by atoms with E-state index in [2.05, 4.69) is 39.6 Å². The number of carbonyl (C=O) groups is 4. The molecule has 0 bridgehead atoms. The summed E-state index contributed by atoms with van der Waals surface area (Å²) in [4.78, 5) is 58.2. The minimum Gasteiger partial charge on any atom is -0.377 e. The second-order valence-electron chi connectivity index (χ2n) is 16.0.